The highest BCUT2D eigenvalue weighted by Gasteiger charge is 2.35. The number of carbonyl (C=O) groups excluding carboxylic acids is 1. The third kappa shape index (κ3) is 4.62. The van der Waals surface area contributed by atoms with E-state index in [1.807, 2.05) is 41.8 Å². The molecular weight excluding hydrogens is 330 g/mol. The Balaban J connectivity index is 1.57. The highest BCUT2D eigenvalue weighted by Crippen LogP contribution is 2.28. The Bertz CT molecular complexity index is 834. The third-order valence-electron chi connectivity index (χ3n) is 4.22. The summed E-state index contributed by atoms with van der Waals surface area (Å²) in [6, 6.07) is 13.9. The lowest BCUT2D eigenvalue weighted by Gasteiger charge is -2.22. The highest BCUT2D eigenvalue weighted by atomic mass is 32.1. The van der Waals surface area contributed by atoms with Gasteiger partial charge in [0.2, 0.25) is 5.91 Å². The van der Waals surface area contributed by atoms with Gasteiger partial charge in [-0.1, -0.05) is 24.0 Å². The zero-order valence-electron chi connectivity index (χ0n) is 13.8. The lowest BCUT2D eigenvalue weighted by Crippen LogP contribution is -2.47. The van der Waals surface area contributed by atoms with Crippen LogP contribution in [-0.4, -0.2) is 18.0 Å². The molecule has 5 heteroatoms. The number of rotatable bonds is 4. The summed E-state index contributed by atoms with van der Waals surface area (Å²) in [5.41, 5.74) is 1.06. The van der Waals surface area contributed by atoms with Crippen LogP contribution in [0.25, 0.3) is 0 Å². The molecule has 0 bridgehead atoms. The number of amides is 1. The highest BCUT2D eigenvalue weighted by molar-refractivity contribution is 7.10. The number of carbonyl (C=O) groups is 1. The lowest BCUT2D eigenvalue weighted by atomic mass is 10.00. The average Bonchev–Trinajstić information content (AvgIpc) is 3.31. The first-order valence-electron chi connectivity index (χ1n) is 8.31. The molecule has 25 heavy (non-hydrogen) atoms. The fourth-order valence-corrected chi connectivity index (χ4v) is 3.50. The average molecular weight is 349 g/mol. The molecule has 0 saturated heterocycles. The van der Waals surface area contributed by atoms with Gasteiger partial charge in [0.05, 0.1) is 17.5 Å². The van der Waals surface area contributed by atoms with E-state index in [1.54, 1.807) is 11.3 Å². The molecule has 126 valence electrons. The molecule has 1 aromatic carbocycles. The van der Waals surface area contributed by atoms with Gasteiger partial charge in [-0.05, 0) is 55.3 Å². The van der Waals surface area contributed by atoms with Gasteiger partial charge in [0, 0.05) is 11.3 Å². The maximum atomic E-state index is 12.2. The number of nitrogens with one attached hydrogen (secondary N) is 2. The molecule has 1 fully saturated rings. The van der Waals surface area contributed by atoms with Gasteiger partial charge >= 0.3 is 0 Å². The van der Waals surface area contributed by atoms with Gasteiger partial charge in [-0.15, -0.1) is 11.3 Å². The van der Waals surface area contributed by atoms with Crippen molar-refractivity contribution in [1.82, 2.24) is 5.32 Å². The minimum absolute atomic E-state index is 0.144. The zero-order valence-corrected chi connectivity index (χ0v) is 14.7. The van der Waals surface area contributed by atoms with E-state index in [4.69, 9.17) is 0 Å². The molecule has 2 N–H and O–H groups in total. The summed E-state index contributed by atoms with van der Waals surface area (Å²) >= 11 is 1.61. The Morgan fingerprint density at radius 1 is 1.20 bits per heavy atom. The minimum Gasteiger partial charge on any atom is -0.376 e. The van der Waals surface area contributed by atoms with E-state index in [-0.39, 0.29) is 12.5 Å². The smallest absolute Gasteiger partial charge is 0.240 e. The Morgan fingerprint density at radius 2 is 2.04 bits per heavy atom. The Labute approximate surface area is 151 Å². The van der Waals surface area contributed by atoms with Gasteiger partial charge in [-0.25, -0.2) is 0 Å². The van der Waals surface area contributed by atoms with Crippen LogP contribution in [0.2, 0.25) is 0 Å². The van der Waals surface area contributed by atoms with Gasteiger partial charge in [-0.3, -0.25) is 4.79 Å². The van der Waals surface area contributed by atoms with Crippen molar-refractivity contribution >= 4 is 22.9 Å². The van der Waals surface area contributed by atoms with Crippen molar-refractivity contribution < 1.29 is 4.79 Å². The molecule has 3 rings (SSSR count). The van der Waals surface area contributed by atoms with E-state index in [2.05, 4.69) is 28.5 Å². The van der Waals surface area contributed by atoms with Crippen LogP contribution in [0.15, 0.2) is 41.8 Å². The van der Waals surface area contributed by atoms with Gasteiger partial charge < -0.3 is 10.6 Å². The molecule has 1 aliphatic rings. The quantitative estimate of drug-likeness (QED) is 0.830. The monoisotopic (exact) mass is 349 g/mol. The second-order valence-electron chi connectivity index (χ2n) is 6.11. The number of hydrogen-bond acceptors (Lipinski definition) is 4. The largest absolute Gasteiger partial charge is 0.376 e. The maximum absolute atomic E-state index is 12.2. The Kier molecular flexibility index (Phi) is 5.38. The van der Waals surface area contributed by atoms with E-state index in [0.29, 0.717) is 0 Å². The molecule has 1 saturated carbocycles. The molecule has 0 atom stereocenters. The number of benzene rings is 1. The van der Waals surface area contributed by atoms with E-state index >= 15 is 0 Å². The van der Waals surface area contributed by atoms with E-state index in [0.717, 1.165) is 41.8 Å². The first kappa shape index (κ1) is 17.1. The Hall–Kier alpha value is -2.76. The summed E-state index contributed by atoms with van der Waals surface area (Å²) in [6.07, 6.45) is 3.46. The standard InChI is InChI=1S/C20H19N3OS/c21-15-20(10-1-2-11-20)23-19(24)14-22-17-6-3-5-16(13-17)8-9-18-7-4-12-25-18/h3-7,12-13,22H,1-2,10-11,14H2,(H,23,24). The first-order chi connectivity index (χ1) is 12.2. The van der Waals surface area contributed by atoms with E-state index < -0.39 is 5.54 Å². The first-order valence-corrected chi connectivity index (χ1v) is 9.19. The van der Waals surface area contributed by atoms with Crippen LogP contribution in [0.4, 0.5) is 5.69 Å². The van der Waals surface area contributed by atoms with Crippen LogP contribution in [0.1, 0.15) is 36.1 Å². The van der Waals surface area contributed by atoms with Crippen LogP contribution in [0, 0.1) is 23.2 Å². The van der Waals surface area contributed by atoms with Gasteiger partial charge in [0.15, 0.2) is 0 Å². The van der Waals surface area contributed by atoms with Gasteiger partial charge in [0.25, 0.3) is 0 Å². The maximum Gasteiger partial charge on any atom is 0.240 e. The summed E-state index contributed by atoms with van der Waals surface area (Å²) in [5.74, 6) is 6.09. The van der Waals surface area contributed by atoms with Crippen LogP contribution in [0.5, 0.6) is 0 Å². The number of nitrogens with zero attached hydrogens (tertiary/aromatic N) is 1. The normalized spacial score (nSPS) is 14.8. The molecule has 4 nitrogen and oxygen atoms in total. The molecule has 1 aromatic heterocycles. The number of hydrogen-bond donors (Lipinski definition) is 2. The topological polar surface area (TPSA) is 64.9 Å². The lowest BCUT2D eigenvalue weighted by molar-refractivity contribution is -0.120. The third-order valence-corrected chi connectivity index (χ3v) is 5.00. The molecule has 1 amide bonds. The SMILES string of the molecule is N#CC1(NC(=O)CNc2cccc(C#Cc3cccs3)c2)CCCC1. The predicted octanol–water partition coefficient (Wildman–Crippen LogP) is 3.51. The van der Waals surface area contributed by atoms with Crippen molar-refractivity contribution in [1.29, 1.82) is 5.26 Å². The number of thiophene rings is 1. The number of anilines is 1. The second-order valence-corrected chi connectivity index (χ2v) is 7.06. The summed E-state index contributed by atoms with van der Waals surface area (Å²) < 4.78 is 0. The number of nitriles is 1. The van der Waals surface area contributed by atoms with Crippen LogP contribution < -0.4 is 10.6 Å². The van der Waals surface area contributed by atoms with Crippen LogP contribution in [-0.2, 0) is 4.79 Å². The molecule has 0 aliphatic heterocycles. The summed E-state index contributed by atoms with van der Waals surface area (Å²) in [7, 11) is 0. The molecule has 1 aliphatic carbocycles. The molecule has 2 aromatic rings. The predicted molar refractivity (Wildman–Crippen MR) is 100 cm³/mol. The van der Waals surface area contributed by atoms with Gasteiger partial charge in [0.1, 0.15) is 5.54 Å². The summed E-state index contributed by atoms with van der Waals surface area (Å²) in [6.45, 7) is 0.144. The minimum atomic E-state index is -0.674. The van der Waals surface area contributed by atoms with Crippen molar-refractivity contribution in [2.24, 2.45) is 0 Å². The van der Waals surface area contributed by atoms with Crippen LogP contribution >= 0.6 is 11.3 Å². The fourth-order valence-electron chi connectivity index (χ4n) is 2.93. The second kappa shape index (κ2) is 7.88. The molecule has 0 unspecified atom stereocenters. The Morgan fingerprint density at radius 3 is 2.76 bits per heavy atom. The summed E-state index contributed by atoms with van der Waals surface area (Å²) in [5, 5.41) is 17.3. The van der Waals surface area contributed by atoms with Gasteiger partial charge in [-0.2, -0.15) is 5.26 Å². The van der Waals surface area contributed by atoms with Crippen molar-refractivity contribution in [3.05, 3.63) is 52.2 Å². The molecule has 0 spiro atoms. The van der Waals surface area contributed by atoms with Crippen molar-refractivity contribution in [2.75, 3.05) is 11.9 Å². The van der Waals surface area contributed by atoms with Crippen molar-refractivity contribution in [3.8, 4) is 17.9 Å². The molecular formula is C20H19N3OS. The fraction of sp³-hybridized carbons (Fsp3) is 0.300. The zero-order chi connectivity index (χ0) is 17.5. The molecule has 1 heterocycles. The van der Waals surface area contributed by atoms with Crippen molar-refractivity contribution in [3.63, 3.8) is 0 Å². The van der Waals surface area contributed by atoms with Crippen molar-refractivity contribution in [2.45, 2.75) is 31.2 Å². The van der Waals surface area contributed by atoms with E-state index in [1.165, 1.54) is 0 Å². The summed E-state index contributed by atoms with van der Waals surface area (Å²) in [4.78, 5) is 13.2. The van der Waals surface area contributed by atoms with Crippen LogP contribution in [0.3, 0.4) is 0 Å². The molecule has 0 radical (unpaired) electrons. The van der Waals surface area contributed by atoms with E-state index in [9.17, 15) is 10.1 Å².